The minimum Gasteiger partial charge on any atom is -0.368 e. The molecule has 8 heteroatoms. The van der Waals surface area contributed by atoms with Crippen molar-refractivity contribution in [2.75, 3.05) is 23.7 Å². The molecule has 2 aromatic rings. The summed E-state index contributed by atoms with van der Waals surface area (Å²) >= 11 is 7.13. The molecule has 0 saturated heterocycles. The van der Waals surface area contributed by atoms with E-state index in [1.54, 1.807) is 12.3 Å². The van der Waals surface area contributed by atoms with Crippen LogP contribution < -0.4 is 10.6 Å². The molecule has 0 atom stereocenters. The molecule has 0 aliphatic carbocycles. The summed E-state index contributed by atoms with van der Waals surface area (Å²) in [5.41, 5.74) is 5.74. The zero-order valence-electron chi connectivity index (χ0n) is 11.2. The monoisotopic (exact) mass is 310 g/mol. The molecule has 0 spiro atoms. The normalized spacial score (nSPS) is 10.6. The Balaban J connectivity index is 2.25. The van der Waals surface area contributed by atoms with Gasteiger partial charge in [0.15, 0.2) is 0 Å². The number of rotatable bonds is 5. The second-order valence-corrected chi connectivity index (χ2v) is 5.29. The number of nitrogens with zero attached hydrogens (tertiary/aromatic N) is 5. The quantitative estimate of drug-likeness (QED) is 0.908. The van der Waals surface area contributed by atoms with Crippen LogP contribution in [0.4, 0.5) is 11.9 Å². The van der Waals surface area contributed by atoms with Gasteiger partial charge in [0.25, 0.3) is 0 Å². The van der Waals surface area contributed by atoms with Crippen LogP contribution in [-0.2, 0) is 0 Å². The molecule has 0 bridgehead atoms. The van der Waals surface area contributed by atoms with Crippen molar-refractivity contribution in [2.45, 2.75) is 24.0 Å². The lowest BCUT2D eigenvalue weighted by Gasteiger charge is -2.18. The Bertz CT molecular complexity index is 573. The average molecular weight is 311 g/mol. The lowest BCUT2D eigenvalue weighted by Crippen LogP contribution is -2.25. The fourth-order valence-electron chi connectivity index (χ4n) is 1.57. The van der Waals surface area contributed by atoms with E-state index in [0.717, 1.165) is 18.1 Å². The van der Waals surface area contributed by atoms with Crippen LogP contribution in [-0.4, -0.2) is 33.0 Å². The largest absolute Gasteiger partial charge is 0.368 e. The van der Waals surface area contributed by atoms with Crippen molar-refractivity contribution in [1.82, 2.24) is 19.9 Å². The summed E-state index contributed by atoms with van der Waals surface area (Å²) in [5, 5.41) is 1.87. The smallest absolute Gasteiger partial charge is 0.231 e. The summed E-state index contributed by atoms with van der Waals surface area (Å²) < 4.78 is 0. The molecule has 106 valence electrons. The second kappa shape index (κ2) is 6.71. The molecule has 0 saturated carbocycles. The van der Waals surface area contributed by atoms with Crippen molar-refractivity contribution < 1.29 is 0 Å². The van der Waals surface area contributed by atoms with Crippen molar-refractivity contribution in [3.05, 3.63) is 23.4 Å². The summed E-state index contributed by atoms with van der Waals surface area (Å²) in [6.07, 6.45) is 1.58. The van der Waals surface area contributed by atoms with E-state index in [0.29, 0.717) is 16.1 Å². The van der Waals surface area contributed by atoms with Crippen LogP contribution in [0, 0.1) is 0 Å². The maximum Gasteiger partial charge on any atom is 0.231 e. The summed E-state index contributed by atoms with van der Waals surface area (Å²) in [7, 11) is 0. The van der Waals surface area contributed by atoms with Crippen molar-refractivity contribution in [3.63, 3.8) is 0 Å². The fraction of sp³-hybridized carbons (Fsp3) is 0.333. The molecule has 2 heterocycles. The average Bonchev–Trinajstić information content (AvgIpc) is 2.42. The summed E-state index contributed by atoms with van der Waals surface area (Å²) in [6, 6.07) is 3.58. The topological polar surface area (TPSA) is 80.8 Å². The van der Waals surface area contributed by atoms with Crippen LogP contribution in [0.2, 0.25) is 5.02 Å². The number of hydrogen-bond acceptors (Lipinski definition) is 7. The van der Waals surface area contributed by atoms with Crippen molar-refractivity contribution in [1.29, 1.82) is 0 Å². The van der Waals surface area contributed by atoms with E-state index < -0.39 is 0 Å². The summed E-state index contributed by atoms with van der Waals surface area (Å²) in [6.45, 7) is 5.70. The molecule has 0 radical (unpaired) electrons. The van der Waals surface area contributed by atoms with Crippen molar-refractivity contribution in [3.8, 4) is 0 Å². The van der Waals surface area contributed by atoms with E-state index in [2.05, 4.69) is 19.9 Å². The van der Waals surface area contributed by atoms with Gasteiger partial charge in [0.1, 0.15) is 5.03 Å². The van der Waals surface area contributed by atoms with Crippen LogP contribution in [0.3, 0.4) is 0 Å². The number of pyridine rings is 1. The third-order valence-electron chi connectivity index (χ3n) is 2.56. The van der Waals surface area contributed by atoms with Gasteiger partial charge in [0, 0.05) is 19.3 Å². The maximum atomic E-state index is 5.80. The summed E-state index contributed by atoms with van der Waals surface area (Å²) in [4.78, 5) is 18.9. The van der Waals surface area contributed by atoms with Crippen LogP contribution in [0.5, 0.6) is 0 Å². The van der Waals surface area contributed by atoms with Gasteiger partial charge in [0.2, 0.25) is 17.1 Å². The van der Waals surface area contributed by atoms with Gasteiger partial charge >= 0.3 is 0 Å². The zero-order chi connectivity index (χ0) is 14.5. The standard InChI is InChI=1S/C12H15ClN6S/c1-3-19(4-2)11-16-10(14)17-12(18-11)20-9-6-5-8(13)7-15-9/h5-7H,3-4H2,1-2H3,(H2,14,16,17,18). The van der Waals surface area contributed by atoms with Gasteiger partial charge in [-0.05, 0) is 37.7 Å². The van der Waals surface area contributed by atoms with Gasteiger partial charge in [-0.2, -0.15) is 15.0 Å². The fourth-order valence-corrected chi connectivity index (χ4v) is 2.38. The Morgan fingerprint density at radius 1 is 1.20 bits per heavy atom. The predicted octanol–water partition coefficient (Wildman–Crippen LogP) is 2.50. The van der Waals surface area contributed by atoms with Gasteiger partial charge in [-0.3, -0.25) is 0 Å². The summed E-state index contributed by atoms with van der Waals surface area (Å²) in [5.74, 6) is 0.789. The molecule has 2 aromatic heterocycles. The molecule has 0 fully saturated rings. The minimum absolute atomic E-state index is 0.207. The SMILES string of the molecule is CCN(CC)c1nc(N)nc(Sc2ccc(Cl)cn2)n1. The molecule has 0 aromatic carbocycles. The Hall–Kier alpha value is -1.60. The first-order chi connectivity index (χ1) is 9.62. The van der Waals surface area contributed by atoms with Crippen LogP contribution in [0.25, 0.3) is 0 Å². The van der Waals surface area contributed by atoms with Crippen LogP contribution in [0.15, 0.2) is 28.5 Å². The molecule has 2 rings (SSSR count). The number of anilines is 2. The van der Waals surface area contributed by atoms with E-state index in [4.69, 9.17) is 17.3 Å². The van der Waals surface area contributed by atoms with Gasteiger partial charge in [0.05, 0.1) is 5.02 Å². The Morgan fingerprint density at radius 2 is 1.95 bits per heavy atom. The number of nitrogens with two attached hydrogens (primary N) is 1. The molecular weight excluding hydrogens is 296 g/mol. The highest BCUT2D eigenvalue weighted by molar-refractivity contribution is 7.99. The lowest BCUT2D eigenvalue weighted by molar-refractivity contribution is 0.786. The molecule has 0 unspecified atom stereocenters. The second-order valence-electron chi connectivity index (χ2n) is 3.87. The highest BCUT2D eigenvalue weighted by Gasteiger charge is 2.11. The molecule has 6 nitrogen and oxygen atoms in total. The van der Waals surface area contributed by atoms with E-state index >= 15 is 0 Å². The highest BCUT2D eigenvalue weighted by atomic mass is 35.5. The number of aromatic nitrogens is 4. The zero-order valence-corrected chi connectivity index (χ0v) is 12.8. The molecular formula is C12H15ClN6S. The van der Waals surface area contributed by atoms with Gasteiger partial charge in [-0.1, -0.05) is 11.6 Å². The van der Waals surface area contributed by atoms with E-state index in [-0.39, 0.29) is 5.95 Å². The van der Waals surface area contributed by atoms with Crippen molar-refractivity contribution >= 4 is 35.3 Å². The predicted molar refractivity (Wildman–Crippen MR) is 81.2 cm³/mol. The third-order valence-corrected chi connectivity index (χ3v) is 3.60. The molecule has 0 amide bonds. The minimum atomic E-state index is 0.207. The number of hydrogen-bond donors (Lipinski definition) is 1. The first-order valence-corrected chi connectivity index (χ1v) is 7.37. The molecule has 0 aliphatic heterocycles. The van der Waals surface area contributed by atoms with Gasteiger partial charge < -0.3 is 10.6 Å². The molecule has 0 aliphatic rings. The first-order valence-electron chi connectivity index (χ1n) is 6.18. The molecule has 20 heavy (non-hydrogen) atoms. The number of halogens is 1. The van der Waals surface area contributed by atoms with Crippen molar-refractivity contribution in [2.24, 2.45) is 0 Å². The van der Waals surface area contributed by atoms with Crippen LogP contribution in [0.1, 0.15) is 13.8 Å². The van der Waals surface area contributed by atoms with Crippen LogP contribution >= 0.6 is 23.4 Å². The Morgan fingerprint density at radius 3 is 2.55 bits per heavy atom. The third kappa shape index (κ3) is 3.71. The van der Waals surface area contributed by atoms with E-state index in [9.17, 15) is 0 Å². The van der Waals surface area contributed by atoms with Gasteiger partial charge in [-0.25, -0.2) is 4.98 Å². The maximum absolute atomic E-state index is 5.80. The molecule has 2 N–H and O–H groups in total. The van der Waals surface area contributed by atoms with E-state index in [1.807, 2.05) is 24.8 Å². The Labute approximate surface area is 126 Å². The highest BCUT2D eigenvalue weighted by Crippen LogP contribution is 2.25. The van der Waals surface area contributed by atoms with E-state index in [1.165, 1.54) is 11.8 Å². The Kier molecular flexibility index (Phi) is 4.97. The first kappa shape index (κ1) is 14.8. The van der Waals surface area contributed by atoms with Gasteiger partial charge in [-0.15, -0.1) is 0 Å². The number of nitrogen functional groups attached to an aromatic ring is 1. The lowest BCUT2D eigenvalue weighted by atomic mass is 10.5.